The topological polar surface area (TPSA) is 29.5 Å². The second kappa shape index (κ2) is 6.26. The molecule has 6 rings (SSSR count). The zero-order valence-corrected chi connectivity index (χ0v) is 21.7. The van der Waals surface area contributed by atoms with E-state index in [0.29, 0.717) is 39.4 Å². The summed E-state index contributed by atoms with van der Waals surface area (Å²) in [5.41, 5.74) is 3.04. The molecule has 0 radical (unpaired) electrons. The van der Waals surface area contributed by atoms with Crippen molar-refractivity contribution in [2.75, 3.05) is 6.61 Å². The molecule has 2 nitrogen and oxygen atoms in total. The summed E-state index contributed by atoms with van der Waals surface area (Å²) >= 11 is 0. The molecule has 1 heterocycles. The van der Waals surface area contributed by atoms with Crippen LogP contribution in [0.3, 0.4) is 0 Å². The molecule has 1 aliphatic heterocycles. The summed E-state index contributed by atoms with van der Waals surface area (Å²) in [7, 11) is 0. The van der Waals surface area contributed by atoms with Crippen molar-refractivity contribution in [2.45, 2.75) is 117 Å². The Balaban J connectivity index is 1.42. The Bertz CT molecular complexity index is 846. The Morgan fingerprint density at radius 1 is 0.781 bits per heavy atom. The molecular formula is C30H48O2. The number of rotatable bonds is 1. The SMILES string of the molecule is C=C(C)[C@@H]1CC[C@]23CC[C@]4(C)C(CC[C@@H]5[C@@]6(C)CC[C@H](O)C(C)(C)C6CC[C@]54C)[C@]12OC3. The largest absolute Gasteiger partial charge is 0.393 e. The van der Waals surface area contributed by atoms with Crippen molar-refractivity contribution in [3.05, 3.63) is 12.2 Å². The van der Waals surface area contributed by atoms with Crippen LogP contribution in [0.5, 0.6) is 0 Å². The van der Waals surface area contributed by atoms with Gasteiger partial charge in [-0.1, -0.05) is 46.8 Å². The fraction of sp³-hybridized carbons (Fsp3) is 0.933. The van der Waals surface area contributed by atoms with Gasteiger partial charge < -0.3 is 9.84 Å². The van der Waals surface area contributed by atoms with Crippen LogP contribution in [-0.2, 0) is 4.74 Å². The van der Waals surface area contributed by atoms with E-state index in [1.54, 1.807) is 0 Å². The molecule has 5 aliphatic carbocycles. The van der Waals surface area contributed by atoms with Gasteiger partial charge in [-0.05, 0) is 111 Å². The van der Waals surface area contributed by atoms with Crippen LogP contribution in [0.1, 0.15) is 106 Å². The summed E-state index contributed by atoms with van der Waals surface area (Å²) in [6.07, 6.45) is 12.8. The summed E-state index contributed by atoms with van der Waals surface area (Å²) in [4.78, 5) is 0. The minimum atomic E-state index is -0.135. The number of aliphatic hydroxyl groups excluding tert-OH is 1. The molecule has 0 spiro atoms. The van der Waals surface area contributed by atoms with E-state index in [2.05, 4.69) is 48.1 Å². The van der Waals surface area contributed by atoms with Crippen LogP contribution in [0.15, 0.2) is 12.2 Å². The maximum absolute atomic E-state index is 10.9. The minimum Gasteiger partial charge on any atom is -0.393 e. The third-order valence-corrected chi connectivity index (χ3v) is 13.9. The van der Waals surface area contributed by atoms with Crippen LogP contribution >= 0.6 is 0 Å². The van der Waals surface area contributed by atoms with Crippen molar-refractivity contribution in [3.8, 4) is 0 Å². The van der Waals surface area contributed by atoms with Crippen LogP contribution in [0.4, 0.5) is 0 Å². The monoisotopic (exact) mass is 440 g/mol. The van der Waals surface area contributed by atoms with Crippen LogP contribution in [0, 0.1) is 50.7 Å². The van der Waals surface area contributed by atoms with Gasteiger partial charge in [0, 0.05) is 11.3 Å². The lowest BCUT2D eigenvalue weighted by Gasteiger charge is -2.77. The number of ether oxygens (including phenoxy) is 1. The highest BCUT2D eigenvalue weighted by Gasteiger charge is 2.79. The molecule has 1 saturated heterocycles. The van der Waals surface area contributed by atoms with Gasteiger partial charge in [-0.2, -0.15) is 0 Å². The summed E-state index contributed by atoms with van der Waals surface area (Å²) in [6, 6.07) is 0. The molecule has 180 valence electrons. The maximum Gasteiger partial charge on any atom is 0.0858 e. The van der Waals surface area contributed by atoms with Crippen LogP contribution in [-0.4, -0.2) is 23.4 Å². The van der Waals surface area contributed by atoms with Crippen molar-refractivity contribution in [2.24, 2.45) is 50.7 Å². The molecule has 2 unspecified atom stereocenters. The zero-order valence-electron chi connectivity index (χ0n) is 21.7. The van der Waals surface area contributed by atoms with E-state index in [-0.39, 0.29) is 17.1 Å². The lowest BCUT2D eigenvalue weighted by molar-refractivity contribution is -0.361. The minimum absolute atomic E-state index is 0.0417. The smallest absolute Gasteiger partial charge is 0.0858 e. The Labute approximate surface area is 197 Å². The predicted octanol–water partition coefficient (Wildman–Crippen LogP) is 7.16. The highest BCUT2D eigenvalue weighted by molar-refractivity contribution is 5.31. The number of hydrogen-bond acceptors (Lipinski definition) is 2. The molecule has 6 aliphatic rings. The van der Waals surface area contributed by atoms with E-state index in [4.69, 9.17) is 4.74 Å². The summed E-state index contributed by atoms with van der Waals surface area (Å²) in [6.45, 7) is 20.5. The second-order valence-corrected chi connectivity index (χ2v) is 14.8. The van der Waals surface area contributed by atoms with Crippen molar-refractivity contribution in [3.63, 3.8) is 0 Å². The molecule has 0 aromatic heterocycles. The average Bonchev–Trinajstić information content (AvgIpc) is 2.95. The fourth-order valence-electron chi connectivity index (χ4n) is 12.1. The Morgan fingerprint density at radius 2 is 1.47 bits per heavy atom. The van der Waals surface area contributed by atoms with Gasteiger partial charge in [0.25, 0.3) is 0 Å². The predicted molar refractivity (Wildman–Crippen MR) is 130 cm³/mol. The first-order valence-corrected chi connectivity index (χ1v) is 13.9. The van der Waals surface area contributed by atoms with E-state index in [9.17, 15) is 5.11 Å². The van der Waals surface area contributed by atoms with Crippen LogP contribution in [0.2, 0.25) is 0 Å². The quantitative estimate of drug-likeness (QED) is 0.438. The molecule has 2 heteroatoms. The number of hydrogen-bond donors (Lipinski definition) is 1. The molecule has 1 N–H and O–H groups in total. The van der Waals surface area contributed by atoms with Gasteiger partial charge in [0.15, 0.2) is 0 Å². The highest BCUT2D eigenvalue weighted by atomic mass is 16.5. The standard InChI is InChI=1S/C30H48O2/c1-19(2)20-10-15-29-17-16-28(7)23(30(20,29)32-18-29)9-8-22-26(5)13-12-24(31)25(3,4)21(26)11-14-27(22,28)6/h20-24,31H,1,8-18H2,2-7H3/t20-,21?,22+,23?,24-,26-,27+,28+,29+,30+/m0/s1. The van der Waals surface area contributed by atoms with Crippen molar-refractivity contribution >= 4 is 0 Å². The summed E-state index contributed by atoms with van der Waals surface area (Å²) < 4.78 is 6.86. The normalized spacial score (nSPS) is 60.2. The lowest BCUT2D eigenvalue weighted by Crippen LogP contribution is -2.76. The average molecular weight is 441 g/mol. The van der Waals surface area contributed by atoms with Crippen LogP contribution in [0.25, 0.3) is 0 Å². The Morgan fingerprint density at radius 3 is 2.12 bits per heavy atom. The third kappa shape index (κ3) is 2.14. The van der Waals surface area contributed by atoms with Crippen molar-refractivity contribution < 1.29 is 9.84 Å². The van der Waals surface area contributed by atoms with Gasteiger partial charge in [-0.15, -0.1) is 0 Å². The molecule has 10 atom stereocenters. The van der Waals surface area contributed by atoms with Crippen molar-refractivity contribution in [1.82, 2.24) is 0 Å². The van der Waals surface area contributed by atoms with Gasteiger partial charge in [0.05, 0.1) is 18.3 Å². The molecule has 6 fully saturated rings. The van der Waals surface area contributed by atoms with Crippen molar-refractivity contribution in [1.29, 1.82) is 0 Å². The summed E-state index contributed by atoms with van der Waals surface area (Å²) in [5, 5.41) is 10.9. The van der Waals surface area contributed by atoms with E-state index in [0.717, 1.165) is 18.9 Å². The van der Waals surface area contributed by atoms with Crippen LogP contribution < -0.4 is 0 Å². The molecule has 5 saturated carbocycles. The van der Waals surface area contributed by atoms with Gasteiger partial charge in [-0.25, -0.2) is 0 Å². The van der Waals surface area contributed by atoms with E-state index in [1.165, 1.54) is 63.4 Å². The van der Waals surface area contributed by atoms with E-state index in [1.807, 2.05) is 0 Å². The van der Waals surface area contributed by atoms with E-state index < -0.39 is 0 Å². The molecule has 0 aromatic rings. The molecule has 32 heavy (non-hydrogen) atoms. The lowest BCUT2D eigenvalue weighted by atomic mass is 9.31. The van der Waals surface area contributed by atoms with Gasteiger partial charge in [0.2, 0.25) is 0 Å². The van der Waals surface area contributed by atoms with Gasteiger partial charge >= 0.3 is 0 Å². The fourth-order valence-corrected chi connectivity index (χ4v) is 12.1. The second-order valence-electron chi connectivity index (χ2n) is 14.8. The first-order valence-electron chi connectivity index (χ1n) is 13.9. The number of aliphatic hydroxyl groups is 1. The molecule has 0 aromatic carbocycles. The van der Waals surface area contributed by atoms with E-state index >= 15 is 0 Å². The third-order valence-electron chi connectivity index (χ3n) is 13.9. The molecular weight excluding hydrogens is 392 g/mol. The number of fused-ring (bicyclic) bond motifs is 5. The Kier molecular flexibility index (Phi) is 4.33. The zero-order chi connectivity index (χ0) is 22.9. The van der Waals surface area contributed by atoms with Gasteiger partial charge in [-0.3, -0.25) is 0 Å². The highest BCUT2D eigenvalue weighted by Crippen LogP contribution is 2.80. The van der Waals surface area contributed by atoms with Gasteiger partial charge in [0.1, 0.15) is 0 Å². The Hall–Kier alpha value is -0.340. The molecule has 0 bridgehead atoms. The first-order chi connectivity index (χ1) is 14.9. The molecule has 0 amide bonds. The first kappa shape index (κ1) is 22.1. The summed E-state index contributed by atoms with van der Waals surface area (Å²) in [5.74, 6) is 2.67. The maximum atomic E-state index is 10.9.